The van der Waals surface area contributed by atoms with Crippen LogP contribution < -0.4 is 5.32 Å². The van der Waals surface area contributed by atoms with Crippen molar-refractivity contribution in [3.63, 3.8) is 0 Å². The van der Waals surface area contributed by atoms with Gasteiger partial charge in [-0.25, -0.2) is 0 Å². The van der Waals surface area contributed by atoms with Crippen LogP contribution in [0, 0.1) is 30.6 Å². The van der Waals surface area contributed by atoms with Gasteiger partial charge in [0.05, 0.1) is 0 Å². The van der Waals surface area contributed by atoms with Crippen LogP contribution in [0.2, 0.25) is 0 Å². The first-order valence-electron chi connectivity index (χ1n) is 12.3. The van der Waals surface area contributed by atoms with Gasteiger partial charge in [0, 0.05) is 25.8 Å². The molecule has 0 rings (SSSR count). The number of hydrogen-bond donors (Lipinski definition) is 1. The van der Waals surface area contributed by atoms with Gasteiger partial charge in [0.25, 0.3) is 0 Å². The average Bonchev–Trinajstić information content (AvgIpc) is 2.72. The number of rotatable bonds is 19. The van der Waals surface area contributed by atoms with Gasteiger partial charge >= 0.3 is 29.6 Å². The SMILES string of the molecule is [CH2]CNC(=O)CCCCCCCCC#CC#CCCCCCCCCCCCC.[NaH]. The van der Waals surface area contributed by atoms with Crippen molar-refractivity contribution in [3.05, 3.63) is 6.92 Å². The van der Waals surface area contributed by atoms with E-state index in [4.69, 9.17) is 0 Å². The molecule has 0 aliphatic rings. The first-order chi connectivity index (χ1) is 14.3. The minimum atomic E-state index is 0. The maximum absolute atomic E-state index is 11.3. The number of amides is 1. The van der Waals surface area contributed by atoms with Gasteiger partial charge < -0.3 is 5.32 Å². The predicted octanol–water partition coefficient (Wildman–Crippen LogP) is 6.73. The molecule has 0 heterocycles. The van der Waals surface area contributed by atoms with Crippen LogP contribution in [0.5, 0.6) is 0 Å². The van der Waals surface area contributed by atoms with Gasteiger partial charge in [-0.15, -0.1) is 0 Å². The van der Waals surface area contributed by atoms with Crippen LogP contribution in [0.4, 0.5) is 0 Å². The van der Waals surface area contributed by atoms with Gasteiger partial charge in [-0.2, -0.15) is 0 Å². The van der Waals surface area contributed by atoms with Crippen LogP contribution >= 0.6 is 0 Å². The fraction of sp³-hybridized carbons (Fsp3) is 0.778. The van der Waals surface area contributed by atoms with Crippen molar-refractivity contribution in [1.82, 2.24) is 5.32 Å². The number of unbranched alkanes of at least 4 members (excludes halogenated alkanes) is 16. The molecule has 1 N–H and O–H groups in total. The Morgan fingerprint density at radius 2 is 1.07 bits per heavy atom. The normalized spacial score (nSPS) is 9.67. The average molecular weight is 425 g/mol. The van der Waals surface area contributed by atoms with E-state index < -0.39 is 0 Å². The maximum atomic E-state index is 11.3. The van der Waals surface area contributed by atoms with E-state index in [0.717, 1.165) is 32.1 Å². The van der Waals surface area contributed by atoms with Crippen LogP contribution in [0.25, 0.3) is 0 Å². The fourth-order valence-electron chi connectivity index (χ4n) is 3.35. The van der Waals surface area contributed by atoms with Crippen LogP contribution in [0.3, 0.4) is 0 Å². The molecule has 0 saturated heterocycles. The number of hydrogen-bond acceptors (Lipinski definition) is 1. The monoisotopic (exact) mass is 424 g/mol. The van der Waals surface area contributed by atoms with Gasteiger partial charge in [0.2, 0.25) is 5.91 Å². The Morgan fingerprint density at radius 3 is 1.50 bits per heavy atom. The predicted molar refractivity (Wildman–Crippen MR) is 134 cm³/mol. The first-order valence-corrected chi connectivity index (χ1v) is 12.3. The van der Waals surface area contributed by atoms with Crippen molar-refractivity contribution in [2.24, 2.45) is 0 Å². The summed E-state index contributed by atoms with van der Waals surface area (Å²) in [7, 11) is 0. The van der Waals surface area contributed by atoms with Gasteiger partial charge in [0.1, 0.15) is 0 Å². The third-order valence-corrected chi connectivity index (χ3v) is 5.17. The van der Waals surface area contributed by atoms with Gasteiger partial charge in [0.15, 0.2) is 0 Å². The van der Waals surface area contributed by atoms with E-state index in [1.807, 2.05) is 0 Å². The van der Waals surface area contributed by atoms with E-state index in [1.165, 1.54) is 83.5 Å². The van der Waals surface area contributed by atoms with Crippen molar-refractivity contribution >= 4 is 35.5 Å². The van der Waals surface area contributed by atoms with Crippen molar-refractivity contribution in [2.45, 2.75) is 129 Å². The molecule has 0 atom stereocenters. The number of carbonyl (C=O) groups is 1. The molecular formula is C27H47NNaO. The zero-order chi connectivity index (χ0) is 21.3. The zero-order valence-corrected chi connectivity index (χ0v) is 19.3. The van der Waals surface area contributed by atoms with E-state index in [2.05, 4.69) is 42.8 Å². The Balaban J connectivity index is 0. The summed E-state index contributed by atoms with van der Waals surface area (Å²) < 4.78 is 0. The Bertz CT molecular complexity index is 481. The molecule has 0 fully saturated rings. The van der Waals surface area contributed by atoms with Gasteiger partial charge in [-0.1, -0.05) is 102 Å². The van der Waals surface area contributed by atoms with Crippen molar-refractivity contribution in [2.75, 3.05) is 6.54 Å². The molecule has 3 heteroatoms. The van der Waals surface area contributed by atoms with Crippen LogP contribution in [0.15, 0.2) is 0 Å². The molecule has 0 saturated carbocycles. The second-order valence-electron chi connectivity index (χ2n) is 8.01. The molecule has 0 unspecified atom stereocenters. The molecule has 0 aromatic carbocycles. The summed E-state index contributed by atoms with van der Waals surface area (Å²) in [5.74, 6) is 12.5. The molecule has 2 nitrogen and oxygen atoms in total. The quantitative estimate of drug-likeness (QED) is 0.139. The Hall–Kier alpha value is -0.410. The molecule has 0 bridgehead atoms. The standard InChI is InChI=1S/C27H46NO.Na.H/c1-3-5-6-7-8-9-10-11-12-13-14-15-16-17-18-19-20-21-22-23-24-25-26-27(29)28-4-2;;/h2-14,19-26H2,1H3,(H,28,29);;. The first kappa shape index (κ1) is 31.8. The molecule has 0 aromatic heterocycles. The topological polar surface area (TPSA) is 29.1 Å². The zero-order valence-electron chi connectivity index (χ0n) is 19.3. The Kier molecular flexibility index (Phi) is 30.3. The molecule has 0 aliphatic heterocycles. The summed E-state index contributed by atoms with van der Waals surface area (Å²) in [6.45, 7) is 6.38. The molecule has 167 valence electrons. The van der Waals surface area contributed by atoms with Gasteiger partial charge in [-0.3, -0.25) is 4.79 Å². The summed E-state index contributed by atoms with van der Waals surface area (Å²) >= 11 is 0. The summed E-state index contributed by atoms with van der Waals surface area (Å²) in [6.07, 6.45) is 23.3. The summed E-state index contributed by atoms with van der Waals surface area (Å²) in [6, 6.07) is 0. The van der Waals surface area contributed by atoms with E-state index in [1.54, 1.807) is 0 Å². The Morgan fingerprint density at radius 1 is 0.667 bits per heavy atom. The number of nitrogens with one attached hydrogen (secondary N) is 1. The number of carbonyl (C=O) groups excluding carboxylic acids is 1. The molecule has 0 aliphatic carbocycles. The Labute approximate surface area is 210 Å². The van der Waals surface area contributed by atoms with Crippen molar-refractivity contribution in [3.8, 4) is 23.7 Å². The third kappa shape index (κ3) is 27.6. The molecule has 1 radical (unpaired) electrons. The fourth-order valence-corrected chi connectivity index (χ4v) is 3.35. The van der Waals surface area contributed by atoms with E-state index >= 15 is 0 Å². The summed E-state index contributed by atoms with van der Waals surface area (Å²) in [5, 5.41) is 2.73. The second kappa shape index (κ2) is 28.6. The van der Waals surface area contributed by atoms with Crippen LogP contribution in [-0.2, 0) is 4.79 Å². The summed E-state index contributed by atoms with van der Waals surface area (Å²) in [5.41, 5.74) is 0. The third-order valence-electron chi connectivity index (χ3n) is 5.17. The van der Waals surface area contributed by atoms with E-state index in [-0.39, 0.29) is 35.5 Å². The van der Waals surface area contributed by atoms with Crippen molar-refractivity contribution in [1.29, 1.82) is 0 Å². The van der Waals surface area contributed by atoms with Crippen LogP contribution in [0.1, 0.15) is 129 Å². The molecule has 0 spiro atoms. The molecule has 0 aromatic rings. The summed E-state index contributed by atoms with van der Waals surface area (Å²) in [4.78, 5) is 11.3. The second-order valence-corrected chi connectivity index (χ2v) is 8.01. The molecule has 1 amide bonds. The van der Waals surface area contributed by atoms with E-state index in [9.17, 15) is 4.79 Å². The van der Waals surface area contributed by atoms with E-state index in [0.29, 0.717) is 13.0 Å². The van der Waals surface area contributed by atoms with Crippen LogP contribution in [-0.4, -0.2) is 42.0 Å². The molecule has 30 heavy (non-hydrogen) atoms. The van der Waals surface area contributed by atoms with Crippen molar-refractivity contribution < 1.29 is 4.79 Å². The molecular weight excluding hydrogens is 377 g/mol. The van der Waals surface area contributed by atoms with Gasteiger partial charge in [-0.05, 0) is 38.0 Å². The minimum absolute atomic E-state index is 0.